The summed E-state index contributed by atoms with van der Waals surface area (Å²) in [5.41, 5.74) is 1.07. The summed E-state index contributed by atoms with van der Waals surface area (Å²) >= 11 is 2.28. The van der Waals surface area contributed by atoms with E-state index >= 15 is 0 Å². The Kier molecular flexibility index (Phi) is 2.02. The Hall–Kier alpha value is -0.260. The number of nitrogens with zero attached hydrogens (tertiary/aromatic N) is 2. The highest BCUT2D eigenvalue weighted by molar-refractivity contribution is 14.1. The number of aromatic nitrogens is 2. The van der Waals surface area contributed by atoms with Gasteiger partial charge >= 0.3 is 0 Å². The van der Waals surface area contributed by atoms with Gasteiger partial charge in [0.15, 0.2) is 0 Å². The molecule has 12 heavy (non-hydrogen) atoms. The molecule has 2 heterocycles. The van der Waals surface area contributed by atoms with Crippen molar-refractivity contribution in [1.82, 2.24) is 9.78 Å². The Labute approximate surface area is 85.2 Å². The van der Waals surface area contributed by atoms with Crippen molar-refractivity contribution in [2.45, 2.75) is 20.4 Å². The van der Waals surface area contributed by atoms with Crippen LogP contribution in [0.25, 0.3) is 0 Å². The van der Waals surface area contributed by atoms with Gasteiger partial charge in [-0.2, -0.15) is 5.10 Å². The van der Waals surface area contributed by atoms with Crippen molar-refractivity contribution in [3.8, 4) is 5.88 Å². The highest BCUT2D eigenvalue weighted by Gasteiger charge is 2.21. The summed E-state index contributed by atoms with van der Waals surface area (Å²) in [7, 11) is 0. The van der Waals surface area contributed by atoms with Crippen LogP contribution < -0.4 is 4.74 Å². The first-order valence-electron chi connectivity index (χ1n) is 4.04. The number of rotatable bonds is 0. The topological polar surface area (TPSA) is 27.1 Å². The number of ether oxygens (including phenoxy) is 1. The third kappa shape index (κ3) is 1.22. The molecule has 0 aliphatic carbocycles. The van der Waals surface area contributed by atoms with Crippen LogP contribution in [0.4, 0.5) is 0 Å². The Bertz CT molecular complexity index is 308. The normalized spacial score (nSPS) is 21.8. The van der Waals surface area contributed by atoms with Crippen LogP contribution in [0.1, 0.15) is 12.6 Å². The van der Waals surface area contributed by atoms with Gasteiger partial charge in [-0.25, -0.2) is 4.68 Å². The van der Waals surface area contributed by atoms with Crippen LogP contribution in [0.5, 0.6) is 5.88 Å². The smallest absolute Gasteiger partial charge is 0.225 e. The fourth-order valence-corrected chi connectivity index (χ4v) is 1.91. The first-order valence-corrected chi connectivity index (χ1v) is 5.12. The lowest BCUT2D eigenvalue weighted by Crippen LogP contribution is -2.23. The number of fused-ring (bicyclic) bond motifs is 1. The third-order valence-electron chi connectivity index (χ3n) is 2.00. The Morgan fingerprint density at radius 3 is 3.17 bits per heavy atom. The first kappa shape index (κ1) is 8.34. The van der Waals surface area contributed by atoms with Crippen LogP contribution in [0.3, 0.4) is 0 Å². The van der Waals surface area contributed by atoms with Gasteiger partial charge < -0.3 is 4.74 Å². The minimum absolute atomic E-state index is 0.576. The van der Waals surface area contributed by atoms with E-state index in [9.17, 15) is 0 Å². The predicted octanol–water partition coefficient (Wildman–Crippen LogP) is 1.82. The lowest BCUT2D eigenvalue weighted by molar-refractivity contribution is 0.174. The summed E-state index contributed by atoms with van der Waals surface area (Å²) in [6.45, 7) is 5.99. The summed E-state index contributed by atoms with van der Waals surface area (Å²) in [5.74, 6) is 1.53. The number of hydrogen-bond acceptors (Lipinski definition) is 2. The van der Waals surface area contributed by atoms with Crippen molar-refractivity contribution in [2.24, 2.45) is 5.92 Å². The van der Waals surface area contributed by atoms with Crippen LogP contribution in [0.15, 0.2) is 0 Å². The van der Waals surface area contributed by atoms with Gasteiger partial charge in [0.05, 0.1) is 22.4 Å². The maximum atomic E-state index is 5.58. The van der Waals surface area contributed by atoms with Crippen LogP contribution in [-0.4, -0.2) is 16.4 Å². The SMILES string of the molecule is Cc1nn2c(c1I)OC[C@@H](C)C2. The Balaban J connectivity index is 2.43. The maximum absolute atomic E-state index is 5.58. The van der Waals surface area contributed by atoms with Gasteiger partial charge in [-0.3, -0.25) is 0 Å². The van der Waals surface area contributed by atoms with E-state index in [0.717, 1.165) is 28.3 Å². The molecule has 4 heteroatoms. The van der Waals surface area contributed by atoms with E-state index in [2.05, 4.69) is 34.6 Å². The van der Waals surface area contributed by atoms with Crippen molar-refractivity contribution < 1.29 is 4.74 Å². The number of halogens is 1. The summed E-state index contributed by atoms with van der Waals surface area (Å²) in [4.78, 5) is 0. The van der Waals surface area contributed by atoms with E-state index in [1.54, 1.807) is 0 Å². The molecule has 0 aromatic carbocycles. The van der Waals surface area contributed by atoms with Gasteiger partial charge in [0.1, 0.15) is 0 Å². The van der Waals surface area contributed by atoms with Gasteiger partial charge in [-0.05, 0) is 29.5 Å². The molecule has 0 fully saturated rings. The van der Waals surface area contributed by atoms with E-state index in [-0.39, 0.29) is 0 Å². The summed E-state index contributed by atoms with van der Waals surface area (Å²) in [5, 5.41) is 4.39. The van der Waals surface area contributed by atoms with Crippen LogP contribution in [-0.2, 0) is 6.54 Å². The maximum Gasteiger partial charge on any atom is 0.225 e. The second kappa shape index (κ2) is 2.90. The molecule has 0 spiro atoms. The van der Waals surface area contributed by atoms with Crippen molar-refractivity contribution in [1.29, 1.82) is 0 Å². The molecule has 1 atom stereocenters. The van der Waals surface area contributed by atoms with Crippen LogP contribution in [0.2, 0.25) is 0 Å². The van der Waals surface area contributed by atoms with Gasteiger partial charge in [-0.15, -0.1) is 0 Å². The molecule has 1 aliphatic heterocycles. The fourth-order valence-electron chi connectivity index (χ4n) is 1.37. The molecular formula is C8H11IN2O. The summed E-state index contributed by atoms with van der Waals surface area (Å²) in [6, 6.07) is 0. The molecular weight excluding hydrogens is 267 g/mol. The molecule has 0 bridgehead atoms. The van der Waals surface area contributed by atoms with Gasteiger partial charge in [0.25, 0.3) is 0 Å². The molecule has 1 aliphatic rings. The van der Waals surface area contributed by atoms with Crippen molar-refractivity contribution in [3.63, 3.8) is 0 Å². The van der Waals surface area contributed by atoms with Gasteiger partial charge in [0, 0.05) is 5.92 Å². The van der Waals surface area contributed by atoms with Crippen LogP contribution in [0, 0.1) is 16.4 Å². The molecule has 2 rings (SSSR count). The molecule has 0 unspecified atom stereocenters. The summed E-state index contributed by atoms with van der Waals surface area (Å²) in [6.07, 6.45) is 0. The molecule has 0 amide bonds. The van der Waals surface area contributed by atoms with Gasteiger partial charge in [0.2, 0.25) is 5.88 Å². The molecule has 0 radical (unpaired) electrons. The largest absolute Gasteiger partial charge is 0.477 e. The van der Waals surface area contributed by atoms with E-state index in [1.165, 1.54) is 0 Å². The molecule has 0 saturated carbocycles. The predicted molar refractivity (Wildman–Crippen MR) is 54.3 cm³/mol. The number of aryl methyl sites for hydroxylation is 1. The first-order chi connectivity index (χ1) is 5.68. The van der Waals surface area contributed by atoms with Crippen molar-refractivity contribution in [2.75, 3.05) is 6.61 Å². The van der Waals surface area contributed by atoms with E-state index < -0.39 is 0 Å². The molecule has 0 saturated heterocycles. The lowest BCUT2D eigenvalue weighted by atomic mass is 10.2. The minimum Gasteiger partial charge on any atom is -0.477 e. The second-order valence-corrected chi connectivity index (χ2v) is 4.38. The zero-order valence-corrected chi connectivity index (χ0v) is 9.33. The van der Waals surface area contributed by atoms with E-state index in [0.29, 0.717) is 5.92 Å². The average molecular weight is 278 g/mol. The quantitative estimate of drug-likeness (QED) is 0.677. The number of hydrogen-bond donors (Lipinski definition) is 0. The zero-order valence-electron chi connectivity index (χ0n) is 7.17. The van der Waals surface area contributed by atoms with Crippen LogP contribution >= 0.6 is 22.6 Å². The van der Waals surface area contributed by atoms with Gasteiger partial charge in [-0.1, -0.05) is 6.92 Å². The minimum atomic E-state index is 0.576. The van der Waals surface area contributed by atoms with E-state index in [1.807, 2.05) is 11.6 Å². The summed E-state index contributed by atoms with van der Waals surface area (Å²) < 4.78 is 8.70. The molecule has 66 valence electrons. The Morgan fingerprint density at radius 1 is 1.67 bits per heavy atom. The monoisotopic (exact) mass is 278 g/mol. The van der Waals surface area contributed by atoms with Crippen molar-refractivity contribution in [3.05, 3.63) is 9.26 Å². The highest BCUT2D eigenvalue weighted by Crippen LogP contribution is 2.28. The fraction of sp³-hybridized carbons (Fsp3) is 0.625. The molecule has 3 nitrogen and oxygen atoms in total. The average Bonchev–Trinajstić information content (AvgIpc) is 2.28. The lowest BCUT2D eigenvalue weighted by Gasteiger charge is -2.20. The third-order valence-corrected chi connectivity index (χ3v) is 3.24. The molecule has 0 N–H and O–H groups in total. The second-order valence-electron chi connectivity index (χ2n) is 3.30. The highest BCUT2D eigenvalue weighted by atomic mass is 127. The van der Waals surface area contributed by atoms with E-state index in [4.69, 9.17) is 4.74 Å². The molecule has 1 aromatic rings. The van der Waals surface area contributed by atoms with Crippen molar-refractivity contribution >= 4 is 22.6 Å². The zero-order chi connectivity index (χ0) is 8.72. The Morgan fingerprint density at radius 2 is 2.42 bits per heavy atom. The molecule has 1 aromatic heterocycles. The standard InChI is InChI=1S/C8H11IN2O/c1-5-3-11-8(12-4-5)7(9)6(2)10-11/h5H,3-4H2,1-2H3/t5-/m0/s1.